The van der Waals surface area contributed by atoms with Gasteiger partial charge < -0.3 is 9.88 Å². The van der Waals surface area contributed by atoms with Crippen molar-refractivity contribution < 1.29 is 0 Å². The molecular weight excluding hydrogens is 210 g/mol. The number of hydrogen-bond acceptors (Lipinski definition) is 2. The minimum atomic E-state index is 0.310. The zero-order valence-electron chi connectivity index (χ0n) is 11.4. The van der Waals surface area contributed by atoms with Crippen LogP contribution in [-0.2, 0) is 13.1 Å². The second-order valence-electron chi connectivity index (χ2n) is 4.49. The summed E-state index contributed by atoms with van der Waals surface area (Å²) < 4.78 is 2.32. The van der Waals surface area contributed by atoms with Gasteiger partial charge in [0.15, 0.2) is 0 Å². The maximum absolute atomic E-state index is 8.71. The maximum atomic E-state index is 8.71. The molecule has 0 aliphatic heterocycles. The van der Waals surface area contributed by atoms with Crippen LogP contribution in [0.4, 0.5) is 0 Å². The van der Waals surface area contributed by atoms with E-state index >= 15 is 0 Å². The summed E-state index contributed by atoms with van der Waals surface area (Å²) in [5, 5.41) is 12.2. The average Bonchev–Trinajstić information content (AvgIpc) is 2.59. The van der Waals surface area contributed by atoms with Gasteiger partial charge in [0.2, 0.25) is 0 Å². The average molecular weight is 233 g/mol. The number of nitriles is 1. The molecule has 0 aliphatic carbocycles. The summed E-state index contributed by atoms with van der Waals surface area (Å²) >= 11 is 0. The fraction of sp³-hybridized carbons (Fsp3) is 0.643. The zero-order chi connectivity index (χ0) is 12.8. The molecule has 0 aliphatic rings. The highest BCUT2D eigenvalue weighted by Gasteiger charge is 2.10. The molecule has 0 fully saturated rings. The molecule has 0 saturated carbocycles. The third kappa shape index (κ3) is 3.34. The van der Waals surface area contributed by atoms with Gasteiger partial charge in [0.1, 0.15) is 0 Å². The smallest absolute Gasteiger partial charge is 0.0638 e. The van der Waals surface area contributed by atoms with Crippen LogP contribution < -0.4 is 5.32 Å². The molecule has 0 radical (unpaired) electrons. The first-order valence-corrected chi connectivity index (χ1v) is 6.39. The summed E-state index contributed by atoms with van der Waals surface area (Å²) in [5.41, 5.74) is 4.00. The third-order valence-electron chi connectivity index (χ3n) is 3.41. The van der Waals surface area contributed by atoms with Gasteiger partial charge in [-0.1, -0.05) is 6.92 Å². The van der Waals surface area contributed by atoms with E-state index in [1.807, 2.05) is 0 Å². The topological polar surface area (TPSA) is 40.8 Å². The van der Waals surface area contributed by atoms with Gasteiger partial charge in [-0.2, -0.15) is 5.26 Å². The van der Waals surface area contributed by atoms with Gasteiger partial charge in [-0.05, 0) is 38.8 Å². The summed E-state index contributed by atoms with van der Waals surface area (Å²) in [5.74, 6) is 0. The third-order valence-corrected chi connectivity index (χ3v) is 3.41. The van der Waals surface area contributed by atoms with Gasteiger partial charge in [-0.3, -0.25) is 0 Å². The lowest BCUT2D eigenvalue weighted by Gasteiger charge is -2.13. The lowest BCUT2D eigenvalue weighted by atomic mass is 10.1. The van der Waals surface area contributed by atoms with E-state index < -0.39 is 0 Å². The molecule has 3 nitrogen and oxygen atoms in total. The van der Waals surface area contributed by atoms with E-state index in [1.54, 1.807) is 0 Å². The van der Waals surface area contributed by atoms with Gasteiger partial charge >= 0.3 is 0 Å². The number of aryl methyl sites for hydroxylation is 1. The largest absolute Gasteiger partial charge is 0.349 e. The minimum absolute atomic E-state index is 0.310. The van der Waals surface area contributed by atoms with Crippen LogP contribution in [0.3, 0.4) is 0 Å². The van der Waals surface area contributed by atoms with E-state index in [-0.39, 0.29) is 0 Å². The van der Waals surface area contributed by atoms with Gasteiger partial charge in [0.05, 0.1) is 12.5 Å². The number of aromatic nitrogens is 1. The van der Waals surface area contributed by atoms with Crippen LogP contribution in [0.5, 0.6) is 0 Å². The van der Waals surface area contributed by atoms with Crippen LogP contribution in [0.25, 0.3) is 0 Å². The van der Waals surface area contributed by atoms with Crippen molar-refractivity contribution in [3.05, 3.63) is 23.0 Å². The van der Waals surface area contributed by atoms with E-state index in [4.69, 9.17) is 5.26 Å². The predicted molar refractivity (Wildman–Crippen MR) is 70.7 cm³/mol. The molecule has 1 rings (SSSR count). The summed E-state index contributed by atoms with van der Waals surface area (Å²) in [4.78, 5) is 0. The summed E-state index contributed by atoms with van der Waals surface area (Å²) in [6.45, 7) is 10.5. The van der Waals surface area contributed by atoms with Crippen molar-refractivity contribution in [2.75, 3.05) is 0 Å². The Kier molecular flexibility index (Phi) is 5.24. The Bertz CT molecular complexity index is 398. The summed E-state index contributed by atoms with van der Waals surface area (Å²) in [6.07, 6.45) is 1.59. The summed E-state index contributed by atoms with van der Waals surface area (Å²) in [7, 11) is 0. The number of nitrogens with one attached hydrogen (secondary N) is 1. The number of rotatable bonds is 6. The molecular formula is C14H23N3. The molecule has 1 atom stereocenters. The zero-order valence-corrected chi connectivity index (χ0v) is 11.4. The molecule has 1 heterocycles. The first-order valence-electron chi connectivity index (χ1n) is 6.39. The standard InChI is InChI=1S/C14H23N3/c1-5-14(7-8-15)16-10-13-9-11(3)17(6-2)12(13)4/h9,14,16H,5-7,10H2,1-4H3. The van der Waals surface area contributed by atoms with Crippen LogP contribution in [0, 0.1) is 25.2 Å². The van der Waals surface area contributed by atoms with Crippen LogP contribution >= 0.6 is 0 Å². The van der Waals surface area contributed by atoms with Crippen molar-refractivity contribution in [3.8, 4) is 6.07 Å². The normalized spacial score (nSPS) is 12.4. The molecule has 1 unspecified atom stereocenters. The lowest BCUT2D eigenvalue weighted by molar-refractivity contribution is 0.503. The molecule has 17 heavy (non-hydrogen) atoms. The van der Waals surface area contributed by atoms with Crippen molar-refractivity contribution in [2.45, 2.75) is 59.7 Å². The Hall–Kier alpha value is -1.27. The Morgan fingerprint density at radius 2 is 2.12 bits per heavy atom. The molecule has 1 aromatic rings. The quantitative estimate of drug-likeness (QED) is 0.820. The molecule has 0 spiro atoms. The van der Waals surface area contributed by atoms with E-state index in [9.17, 15) is 0 Å². The Labute approximate surface area is 104 Å². The second-order valence-corrected chi connectivity index (χ2v) is 4.49. The van der Waals surface area contributed by atoms with E-state index in [1.165, 1.54) is 17.0 Å². The lowest BCUT2D eigenvalue weighted by Crippen LogP contribution is -2.27. The maximum Gasteiger partial charge on any atom is 0.0638 e. The Balaban J connectivity index is 2.66. The summed E-state index contributed by atoms with van der Waals surface area (Å²) in [6, 6.07) is 4.78. The highest BCUT2D eigenvalue weighted by atomic mass is 15.0. The van der Waals surface area contributed by atoms with Crippen molar-refractivity contribution in [1.29, 1.82) is 5.26 Å². The van der Waals surface area contributed by atoms with Crippen LogP contribution in [0.2, 0.25) is 0 Å². The molecule has 1 N–H and O–H groups in total. The van der Waals surface area contributed by atoms with Gasteiger partial charge in [-0.25, -0.2) is 0 Å². The Morgan fingerprint density at radius 1 is 1.41 bits per heavy atom. The minimum Gasteiger partial charge on any atom is -0.349 e. The van der Waals surface area contributed by atoms with E-state index in [2.05, 4.69) is 49.7 Å². The van der Waals surface area contributed by atoms with Crippen LogP contribution in [0.1, 0.15) is 43.6 Å². The van der Waals surface area contributed by atoms with Crippen LogP contribution in [-0.4, -0.2) is 10.6 Å². The van der Waals surface area contributed by atoms with Crippen molar-refractivity contribution in [3.63, 3.8) is 0 Å². The Morgan fingerprint density at radius 3 is 2.59 bits per heavy atom. The first-order chi connectivity index (χ1) is 8.13. The SMILES string of the molecule is CCC(CC#N)NCc1cc(C)n(CC)c1C. The molecule has 94 valence electrons. The first kappa shape index (κ1) is 13.8. The predicted octanol–water partition coefficient (Wildman–Crippen LogP) is 2.91. The fourth-order valence-electron chi connectivity index (χ4n) is 2.26. The fourth-order valence-corrected chi connectivity index (χ4v) is 2.26. The molecule has 3 heteroatoms. The van der Waals surface area contributed by atoms with Gasteiger partial charge in [0, 0.05) is 30.5 Å². The highest BCUT2D eigenvalue weighted by molar-refractivity contribution is 5.26. The molecule has 0 bridgehead atoms. The highest BCUT2D eigenvalue weighted by Crippen LogP contribution is 2.15. The van der Waals surface area contributed by atoms with E-state index in [0.717, 1.165) is 19.5 Å². The van der Waals surface area contributed by atoms with Gasteiger partial charge in [0.25, 0.3) is 0 Å². The molecule has 1 aromatic heterocycles. The van der Waals surface area contributed by atoms with Crippen LogP contribution in [0.15, 0.2) is 6.07 Å². The van der Waals surface area contributed by atoms with Crippen molar-refractivity contribution in [2.24, 2.45) is 0 Å². The van der Waals surface area contributed by atoms with Crippen molar-refractivity contribution >= 4 is 0 Å². The van der Waals surface area contributed by atoms with Crippen molar-refractivity contribution in [1.82, 2.24) is 9.88 Å². The second kappa shape index (κ2) is 6.46. The monoisotopic (exact) mass is 233 g/mol. The molecule has 0 aromatic carbocycles. The van der Waals surface area contributed by atoms with E-state index in [0.29, 0.717) is 12.5 Å². The number of hydrogen-bond donors (Lipinski definition) is 1. The van der Waals surface area contributed by atoms with Gasteiger partial charge in [-0.15, -0.1) is 0 Å². The number of nitrogens with zero attached hydrogens (tertiary/aromatic N) is 2. The molecule has 0 saturated heterocycles. The molecule has 0 amide bonds.